The number of aliphatic carboxylic acids is 1. The zero-order chi connectivity index (χ0) is 17.7. The maximum absolute atomic E-state index is 11.8. The fraction of sp³-hybridized carbons (Fsp3) is 0.529. The van der Waals surface area contributed by atoms with E-state index in [-0.39, 0.29) is 12.8 Å². The van der Waals surface area contributed by atoms with Gasteiger partial charge in [-0.3, -0.25) is 9.59 Å². The monoisotopic (exact) mass is 332 g/mol. The normalized spacial score (nSPS) is 24.4. The topological polar surface area (TPSA) is 82.1 Å². The lowest BCUT2D eigenvalue weighted by Gasteiger charge is -2.32. The van der Waals surface area contributed by atoms with Gasteiger partial charge in [-0.05, 0) is 44.8 Å². The van der Waals surface area contributed by atoms with Crippen molar-refractivity contribution in [1.29, 1.82) is 0 Å². The minimum absolute atomic E-state index is 0.0375. The van der Waals surface area contributed by atoms with Crippen LogP contribution in [0.4, 0.5) is 0 Å². The maximum atomic E-state index is 11.8. The highest BCUT2D eigenvalue weighted by molar-refractivity contribution is 6.62. The average Bonchev–Trinajstić information content (AvgIpc) is 2.65. The Labute approximate surface area is 141 Å². The first-order valence-corrected chi connectivity index (χ1v) is 8.01. The molecule has 2 heterocycles. The summed E-state index contributed by atoms with van der Waals surface area (Å²) in [6.45, 7) is 7.82. The van der Waals surface area contributed by atoms with E-state index >= 15 is 0 Å². The van der Waals surface area contributed by atoms with E-state index in [0.717, 1.165) is 5.46 Å². The Balaban J connectivity index is 2.04. The van der Waals surface area contributed by atoms with E-state index in [4.69, 9.17) is 14.0 Å². The number of hydrogen-bond donors (Lipinski definition) is 1. The van der Waals surface area contributed by atoms with Gasteiger partial charge in [0.2, 0.25) is 0 Å². The van der Waals surface area contributed by atoms with Crippen molar-refractivity contribution in [1.82, 2.24) is 0 Å². The van der Waals surface area contributed by atoms with Gasteiger partial charge < -0.3 is 19.2 Å². The lowest BCUT2D eigenvalue weighted by Crippen LogP contribution is -2.41. The molecule has 7 heteroatoms. The van der Waals surface area contributed by atoms with E-state index in [1.54, 1.807) is 12.1 Å². The van der Waals surface area contributed by atoms with Crippen molar-refractivity contribution >= 4 is 24.5 Å². The Morgan fingerprint density at radius 2 is 1.88 bits per heavy atom. The third-order valence-electron chi connectivity index (χ3n) is 5.07. The van der Waals surface area contributed by atoms with Gasteiger partial charge in [-0.15, -0.1) is 0 Å². The fourth-order valence-electron chi connectivity index (χ4n) is 3.12. The average molecular weight is 332 g/mol. The van der Waals surface area contributed by atoms with Crippen LogP contribution in [0, 0.1) is 0 Å². The first-order chi connectivity index (χ1) is 11.1. The highest BCUT2D eigenvalue weighted by atomic mass is 16.7. The molecule has 0 radical (unpaired) electrons. The summed E-state index contributed by atoms with van der Waals surface area (Å²) in [6, 6.07) is 5.28. The van der Waals surface area contributed by atoms with Crippen LogP contribution in [0.15, 0.2) is 18.2 Å². The van der Waals surface area contributed by atoms with Gasteiger partial charge >= 0.3 is 19.1 Å². The number of carbonyl (C=O) groups is 2. The third-order valence-corrected chi connectivity index (χ3v) is 5.07. The van der Waals surface area contributed by atoms with Crippen LogP contribution >= 0.6 is 0 Å². The summed E-state index contributed by atoms with van der Waals surface area (Å²) in [5, 5.41) is 9.19. The van der Waals surface area contributed by atoms with Gasteiger partial charge in [0.25, 0.3) is 0 Å². The van der Waals surface area contributed by atoms with Crippen LogP contribution in [-0.4, -0.2) is 35.4 Å². The molecular weight excluding hydrogens is 311 g/mol. The SMILES string of the molecule is CC1(C)OB(c2cccc3c2[C@@H](CC(=O)O)CC(=O)O3)OC1(C)C. The molecule has 0 spiro atoms. The second kappa shape index (κ2) is 5.60. The standard InChI is InChI=1S/C17H21BO6/c1-16(2)17(3,4)24-18(23-16)11-6-5-7-12-15(11)10(8-13(19)20)9-14(21)22-12/h5-7,10H,8-9H2,1-4H3,(H,19,20)/t10-/m0/s1. The molecule has 0 aliphatic carbocycles. The Hall–Kier alpha value is -1.86. The third kappa shape index (κ3) is 2.82. The lowest BCUT2D eigenvalue weighted by molar-refractivity contribution is -0.139. The van der Waals surface area contributed by atoms with E-state index < -0.39 is 36.2 Å². The first-order valence-electron chi connectivity index (χ1n) is 8.01. The second-order valence-corrected chi connectivity index (χ2v) is 7.32. The van der Waals surface area contributed by atoms with Gasteiger partial charge in [-0.25, -0.2) is 0 Å². The number of hydrogen-bond acceptors (Lipinski definition) is 5. The second-order valence-electron chi connectivity index (χ2n) is 7.32. The molecule has 0 bridgehead atoms. The van der Waals surface area contributed by atoms with Gasteiger partial charge in [0.1, 0.15) is 5.75 Å². The highest BCUT2D eigenvalue weighted by Crippen LogP contribution is 2.40. The summed E-state index contributed by atoms with van der Waals surface area (Å²) in [4.78, 5) is 23.0. The quantitative estimate of drug-likeness (QED) is 0.517. The van der Waals surface area contributed by atoms with Crippen LogP contribution in [-0.2, 0) is 18.9 Å². The molecule has 6 nitrogen and oxygen atoms in total. The minimum Gasteiger partial charge on any atom is -0.481 e. The van der Waals surface area contributed by atoms with Gasteiger partial charge in [-0.2, -0.15) is 0 Å². The summed E-state index contributed by atoms with van der Waals surface area (Å²) in [5.74, 6) is -1.43. The largest absolute Gasteiger partial charge is 0.495 e. The van der Waals surface area contributed by atoms with Crippen molar-refractivity contribution in [3.63, 3.8) is 0 Å². The predicted molar refractivity (Wildman–Crippen MR) is 87.4 cm³/mol. The number of esters is 1. The molecule has 1 aromatic rings. The number of carboxylic acids is 1. The molecule has 0 aromatic heterocycles. The lowest BCUT2D eigenvalue weighted by atomic mass is 9.71. The van der Waals surface area contributed by atoms with Crippen molar-refractivity contribution in [3.05, 3.63) is 23.8 Å². The minimum atomic E-state index is -0.954. The Bertz CT molecular complexity index is 680. The number of benzene rings is 1. The molecule has 0 amide bonds. The van der Waals surface area contributed by atoms with Gasteiger partial charge in [0.05, 0.1) is 24.0 Å². The van der Waals surface area contributed by atoms with Crippen LogP contribution in [0.2, 0.25) is 0 Å². The molecule has 0 saturated carbocycles. The Morgan fingerprint density at radius 3 is 2.46 bits per heavy atom. The molecule has 1 atom stereocenters. The van der Waals surface area contributed by atoms with Crippen molar-refractivity contribution in [2.45, 2.75) is 57.7 Å². The molecule has 1 saturated heterocycles. The zero-order valence-electron chi connectivity index (χ0n) is 14.3. The van der Waals surface area contributed by atoms with Gasteiger partial charge in [0.15, 0.2) is 0 Å². The molecule has 128 valence electrons. The smallest absolute Gasteiger partial charge is 0.481 e. The van der Waals surface area contributed by atoms with E-state index in [9.17, 15) is 14.7 Å². The van der Waals surface area contributed by atoms with Gasteiger partial charge in [0, 0.05) is 5.92 Å². The Kier molecular flexibility index (Phi) is 3.96. The summed E-state index contributed by atoms with van der Waals surface area (Å²) in [6.07, 6.45) is -0.103. The van der Waals surface area contributed by atoms with Crippen LogP contribution in [0.25, 0.3) is 0 Å². The van der Waals surface area contributed by atoms with Crippen LogP contribution in [0.1, 0.15) is 52.0 Å². The number of carboxylic acid groups (broad SMARTS) is 1. The van der Waals surface area contributed by atoms with Crippen molar-refractivity contribution in [2.24, 2.45) is 0 Å². The molecule has 1 fully saturated rings. The van der Waals surface area contributed by atoms with Gasteiger partial charge in [-0.1, -0.05) is 12.1 Å². The van der Waals surface area contributed by atoms with E-state index in [1.807, 2.05) is 33.8 Å². The zero-order valence-corrected chi connectivity index (χ0v) is 14.3. The molecular formula is C17H21BO6. The van der Waals surface area contributed by atoms with E-state index in [2.05, 4.69) is 0 Å². The van der Waals surface area contributed by atoms with Crippen LogP contribution < -0.4 is 10.2 Å². The summed E-state index contributed by atoms with van der Waals surface area (Å²) >= 11 is 0. The molecule has 2 aliphatic heterocycles. The number of fused-ring (bicyclic) bond motifs is 1. The molecule has 1 N–H and O–H groups in total. The van der Waals surface area contributed by atoms with E-state index in [1.165, 1.54) is 0 Å². The molecule has 3 rings (SSSR count). The van der Waals surface area contributed by atoms with Crippen LogP contribution in [0.5, 0.6) is 5.75 Å². The Morgan fingerprint density at radius 1 is 1.25 bits per heavy atom. The molecule has 24 heavy (non-hydrogen) atoms. The predicted octanol–water partition coefficient (Wildman–Crippen LogP) is 1.85. The maximum Gasteiger partial charge on any atom is 0.495 e. The van der Waals surface area contributed by atoms with Crippen molar-refractivity contribution in [2.75, 3.05) is 0 Å². The molecule has 0 unspecified atom stereocenters. The number of rotatable bonds is 3. The van der Waals surface area contributed by atoms with Crippen LogP contribution in [0.3, 0.4) is 0 Å². The molecule has 2 aliphatic rings. The fourth-order valence-corrected chi connectivity index (χ4v) is 3.12. The van der Waals surface area contributed by atoms with E-state index in [0.29, 0.717) is 11.3 Å². The van der Waals surface area contributed by atoms with Crippen molar-refractivity contribution < 1.29 is 28.7 Å². The van der Waals surface area contributed by atoms with Crippen molar-refractivity contribution in [3.8, 4) is 5.75 Å². The summed E-state index contributed by atoms with van der Waals surface area (Å²) < 4.78 is 17.5. The highest BCUT2D eigenvalue weighted by Gasteiger charge is 2.53. The number of carbonyl (C=O) groups excluding carboxylic acids is 1. The summed E-state index contributed by atoms with van der Waals surface area (Å²) in [5.41, 5.74) is 0.408. The first kappa shape index (κ1) is 17.0. The number of ether oxygens (including phenoxy) is 1. The molecule has 1 aromatic carbocycles. The summed E-state index contributed by atoms with van der Waals surface area (Å²) in [7, 11) is -0.627.